The molecule has 1 aliphatic heterocycles. The first-order valence-corrected chi connectivity index (χ1v) is 9.88. The fraction of sp³-hybridized carbons (Fsp3) is 0.412. The molecule has 0 aliphatic carbocycles. The van der Waals surface area contributed by atoms with Crippen LogP contribution in [0, 0.1) is 33.6 Å². The Kier molecular flexibility index (Phi) is 4.87. The Labute approximate surface area is 153 Å². The summed E-state index contributed by atoms with van der Waals surface area (Å²) in [5.41, 5.74) is 9.27. The van der Waals surface area contributed by atoms with Crippen LogP contribution in [-0.4, -0.2) is 36.0 Å². The van der Waals surface area contributed by atoms with E-state index in [1.165, 1.54) is 4.68 Å². The normalized spacial score (nSPS) is 20.3. The molecule has 2 aromatic rings. The average molecular weight is 377 g/mol. The Morgan fingerprint density at radius 2 is 1.81 bits per heavy atom. The largest absolute Gasteiger partial charge is 0.282 e. The molecule has 1 aliphatic rings. The van der Waals surface area contributed by atoms with Gasteiger partial charge in [0.05, 0.1) is 11.6 Å². The van der Waals surface area contributed by atoms with Crippen molar-refractivity contribution in [1.29, 1.82) is 0 Å². The highest BCUT2D eigenvalue weighted by molar-refractivity contribution is 7.93. The zero-order valence-corrected chi connectivity index (χ0v) is 16.0. The number of benzene rings is 1. The van der Waals surface area contributed by atoms with Crippen molar-refractivity contribution >= 4 is 21.6 Å². The number of rotatable bonds is 4. The molecule has 2 unspecified atom stereocenters. The van der Waals surface area contributed by atoms with Gasteiger partial charge in [-0.15, -0.1) is 0 Å². The van der Waals surface area contributed by atoms with Crippen LogP contribution < -0.4 is 15.6 Å². The fourth-order valence-corrected chi connectivity index (χ4v) is 4.72. The zero-order valence-electron chi connectivity index (χ0n) is 15.2. The molecule has 3 rings (SSSR count). The van der Waals surface area contributed by atoms with Gasteiger partial charge in [-0.25, -0.2) is 18.5 Å². The minimum Gasteiger partial charge on any atom is -0.282 e. The lowest BCUT2D eigenvalue weighted by atomic mass is 10.1. The van der Waals surface area contributed by atoms with E-state index in [0.29, 0.717) is 17.1 Å². The summed E-state index contributed by atoms with van der Waals surface area (Å²) in [4.78, 5) is 12.8. The number of aromatic nitrogens is 2. The zero-order chi connectivity index (χ0) is 19.1. The molecule has 3 N–H and O–H groups in total. The van der Waals surface area contributed by atoms with Crippen molar-refractivity contribution in [2.45, 2.75) is 33.1 Å². The first kappa shape index (κ1) is 18.6. The third-order valence-electron chi connectivity index (χ3n) is 4.28. The molecule has 1 aromatic carbocycles. The van der Waals surface area contributed by atoms with E-state index in [-0.39, 0.29) is 12.5 Å². The molecule has 1 fully saturated rings. The summed E-state index contributed by atoms with van der Waals surface area (Å²) in [5.74, 6) is -1.15. The number of hydrogen-bond acceptors (Lipinski definition) is 6. The first-order valence-electron chi connectivity index (χ1n) is 8.33. The summed E-state index contributed by atoms with van der Waals surface area (Å²) in [5, 5.41) is 3.08. The van der Waals surface area contributed by atoms with Gasteiger partial charge in [0.25, 0.3) is 15.9 Å². The second-order valence-corrected chi connectivity index (χ2v) is 8.55. The topological polar surface area (TPSA) is 105 Å². The number of nitrogens with one attached hydrogen (secondary N) is 3. The number of hydrogen-bond donors (Lipinski definition) is 3. The molecule has 0 saturated carbocycles. The summed E-state index contributed by atoms with van der Waals surface area (Å²) < 4.78 is 29.6. The number of anilines is 1. The van der Waals surface area contributed by atoms with Crippen LogP contribution in [0.15, 0.2) is 24.3 Å². The Hall–Kier alpha value is -2.23. The van der Waals surface area contributed by atoms with Crippen LogP contribution in [-0.2, 0) is 10.0 Å². The van der Waals surface area contributed by atoms with Gasteiger partial charge in [-0.3, -0.25) is 14.9 Å². The minimum atomic E-state index is -3.84. The molecule has 0 spiro atoms. The van der Waals surface area contributed by atoms with Crippen LogP contribution in [0.1, 0.15) is 27.3 Å². The molecule has 2 heterocycles. The number of hydrazine groups is 1. The lowest BCUT2D eigenvalue weighted by Crippen LogP contribution is -2.45. The van der Waals surface area contributed by atoms with E-state index < -0.39 is 21.3 Å². The van der Waals surface area contributed by atoms with Gasteiger partial charge in [0, 0.05) is 17.9 Å². The van der Waals surface area contributed by atoms with Crippen LogP contribution in [0.25, 0.3) is 0 Å². The number of nitrogens with zero attached hydrogens (tertiary/aromatic N) is 2. The van der Waals surface area contributed by atoms with Crippen LogP contribution >= 0.6 is 0 Å². The Balaban J connectivity index is 1.86. The van der Waals surface area contributed by atoms with E-state index in [1.54, 1.807) is 32.0 Å². The molecular formula is C17H23N5O3S. The Morgan fingerprint density at radius 1 is 1.15 bits per heavy atom. The second kappa shape index (κ2) is 6.82. The highest BCUT2D eigenvalue weighted by Crippen LogP contribution is 2.22. The number of aryl methyl sites for hydroxylation is 4. The van der Waals surface area contributed by atoms with Crippen molar-refractivity contribution in [3.63, 3.8) is 0 Å². The van der Waals surface area contributed by atoms with Crippen LogP contribution in [0.3, 0.4) is 0 Å². The van der Waals surface area contributed by atoms with Gasteiger partial charge in [0.2, 0.25) is 0 Å². The van der Waals surface area contributed by atoms with Crippen LogP contribution in [0.2, 0.25) is 0 Å². The molecule has 140 valence electrons. The van der Waals surface area contributed by atoms with E-state index in [9.17, 15) is 13.2 Å². The lowest BCUT2D eigenvalue weighted by molar-refractivity contribution is 0.0825. The first-order chi connectivity index (χ1) is 12.2. The van der Waals surface area contributed by atoms with Crippen LogP contribution in [0.5, 0.6) is 0 Å². The minimum absolute atomic E-state index is 0.204. The van der Waals surface area contributed by atoms with E-state index in [2.05, 4.69) is 20.7 Å². The maximum Gasteiger partial charge on any atom is 0.254 e. The quantitative estimate of drug-likeness (QED) is 0.741. The molecule has 2 atom stereocenters. The standard InChI is InChI=1S/C17H23N5O3S/c1-10-5-11(2)7-14(6-10)21-26(24,25)16-15(9-18-19-16)17(23)22-13(4)8-12(3)20-22/h5-8,15-16,18-19,21H,9H2,1-4H3. The Bertz CT molecular complexity index is 931. The van der Waals surface area contributed by atoms with E-state index in [4.69, 9.17) is 0 Å². The van der Waals surface area contributed by atoms with Crippen molar-refractivity contribution in [2.24, 2.45) is 5.92 Å². The van der Waals surface area contributed by atoms with Crippen molar-refractivity contribution in [3.8, 4) is 0 Å². The number of sulfonamides is 1. The SMILES string of the molecule is Cc1cc(C)cc(NS(=O)(=O)C2NNCC2C(=O)n2nc(C)cc2C)c1. The Morgan fingerprint density at radius 3 is 2.38 bits per heavy atom. The summed E-state index contributed by atoms with van der Waals surface area (Å²) in [6.45, 7) is 7.56. The van der Waals surface area contributed by atoms with Gasteiger partial charge in [-0.2, -0.15) is 5.10 Å². The molecule has 1 aromatic heterocycles. The molecule has 0 bridgehead atoms. The van der Waals surface area contributed by atoms with Gasteiger partial charge in [0.1, 0.15) is 0 Å². The number of carbonyl (C=O) groups is 1. The number of carbonyl (C=O) groups excluding carboxylic acids is 1. The van der Waals surface area contributed by atoms with E-state index in [0.717, 1.165) is 11.1 Å². The van der Waals surface area contributed by atoms with Crippen molar-refractivity contribution in [1.82, 2.24) is 20.6 Å². The summed E-state index contributed by atoms with van der Waals surface area (Å²) in [7, 11) is -3.84. The van der Waals surface area contributed by atoms with E-state index >= 15 is 0 Å². The maximum absolute atomic E-state index is 12.9. The van der Waals surface area contributed by atoms with Crippen molar-refractivity contribution < 1.29 is 13.2 Å². The van der Waals surface area contributed by atoms with Gasteiger partial charge in [-0.1, -0.05) is 6.07 Å². The van der Waals surface area contributed by atoms with E-state index in [1.807, 2.05) is 19.9 Å². The van der Waals surface area contributed by atoms with Gasteiger partial charge in [-0.05, 0) is 57.0 Å². The monoisotopic (exact) mass is 377 g/mol. The average Bonchev–Trinajstić information content (AvgIpc) is 3.12. The predicted octanol–water partition coefficient (Wildman–Crippen LogP) is 1.25. The smallest absolute Gasteiger partial charge is 0.254 e. The fourth-order valence-electron chi connectivity index (χ4n) is 3.26. The van der Waals surface area contributed by atoms with Crippen molar-refractivity contribution in [3.05, 3.63) is 46.8 Å². The highest BCUT2D eigenvalue weighted by Gasteiger charge is 2.43. The molecule has 0 radical (unpaired) electrons. The summed E-state index contributed by atoms with van der Waals surface area (Å²) >= 11 is 0. The third-order valence-corrected chi connectivity index (χ3v) is 5.92. The van der Waals surface area contributed by atoms with Crippen LogP contribution in [0.4, 0.5) is 5.69 Å². The molecule has 9 heteroatoms. The maximum atomic E-state index is 12.9. The third kappa shape index (κ3) is 3.64. The predicted molar refractivity (Wildman–Crippen MR) is 99.2 cm³/mol. The van der Waals surface area contributed by atoms with Gasteiger partial charge < -0.3 is 0 Å². The molecule has 8 nitrogen and oxygen atoms in total. The molecule has 1 saturated heterocycles. The van der Waals surface area contributed by atoms with Gasteiger partial charge in [0.15, 0.2) is 5.37 Å². The highest BCUT2D eigenvalue weighted by atomic mass is 32.2. The second-order valence-electron chi connectivity index (χ2n) is 6.75. The molecular weight excluding hydrogens is 354 g/mol. The summed E-state index contributed by atoms with van der Waals surface area (Å²) in [6, 6.07) is 7.25. The molecule has 26 heavy (non-hydrogen) atoms. The van der Waals surface area contributed by atoms with Gasteiger partial charge >= 0.3 is 0 Å². The molecule has 0 amide bonds. The lowest BCUT2D eigenvalue weighted by Gasteiger charge is -2.19. The summed E-state index contributed by atoms with van der Waals surface area (Å²) in [6.07, 6.45) is 0. The van der Waals surface area contributed by atoms with Crippen molar-refractivity contribution in [2.75, 3.05) is 11.3 Å².